The first-order valence-electron chi connectivity index (χ1n) is 5.45. The van der Waals surface area contributed by atoms with Crippen LogP contribution in [0.3, 0.4) is 0 Å². The molecular formula is C12H16N2O2. The van der Waals surface area contributed by atoms with Crippen molar-refractivity contribution in [2.45, 2.75) is 19.4 Å². The average Bonchev–Trinajstić information content (AvgIpc) is 2.71. The minimum Gasteiger partial charge on any atom is -0.383 e. The molecule has 2 heterocycles. The number of pyridine rings is 1. The van der Waals surface area contributed by atoms with Crippen molar-refractivity contribution in [1.29, 1.82) is 0 Å². The molecule has 0 aromatic carbocycles. The van der Waals surface area contributed by atoms with Crippen molar-refractivity contribution in [3.05, 3.63) is 34.9 Å². The minimum atomic E-state index is -0.0444. The second-order valence-electron chi connectivity index (χ2n) is 3.85. The van der Waals surface area contributed by atoms with Gasteiger partial charge in [-0.15, -0.1) is 0 Å². The predicted octanol–water partition coefficient (Wildman–Crippen LogP) is 1.93. The third-order valence-electron chi connectivity index (χ3n) is 2.86. The number of nitrogens with zero attached hydrogens (tertiary/aromatic N) is 1. The highest BCUT2D eigenvalue weighted by atomic mass is 16.5. The van der Waals surface area contributed by atoms with Crippen LogP contribution in [0.4, 0.5) is 0 Å². The molecule has 0 saturated carbocycles. The van der Waals surface area contributed by atoms with Gasteiger partial charge in [-0.1, -0.05) is 6.92 Å². The van der Waals surface area contributed by atoms with E-state index in [1.54, 1.807) is 13.3 Å². The monoisotopic (exact) mass is 220 g/mol. The number of aromatic amines is 1. The minimum absolute atomic E-state index is 0.0444. The number of rotatable bonds is 4. The summed E-state index contributed by atoms with van der Waals surface area (Å²) >= 11 is 0. The smallest absolute Gasteiger partial charge is 0.272 e. The zero-order valence-electron chi connectivity index (χ0n) is 9.56. The van der Waals surface area contributed by atoms with Crippen LogP contribution in [-0.4, -0.2) is 23.3 Å². The van der Waals surface area contributed by atoms with E-state index in [2.05, 4.69) is 11.9 Å². The van der Waals surface area contributed by atoms with Crippen molar-refractivity contribution in [2.75, 3.05) is 13.7 Å². The summed E-state index contributed by atoms with van der Waals surface area (Å²) in [7, 11) is 1.68. The maximum atomic E-state index is 11.8. The first-order chi connectivity index (χ1) is 7.77. The molecule has 2 aromatic heterocycles. The highest BCUT2D eigenvalue weighted by molar-refractivity contribution is 5.78. The molecule has 0 bridgehead atoms. The topological polar surface area (TPSA) is 47.0 Å². The van der Waals surface area contributed by atoms with Crippen molar-refractivity contribution in [1.82, 2.24) is 9.55 Å². The quantitative estimate of drug-likeness (QED) is 0.855. The molecule has 4 nitrogen and oxygen atoms in total. The van der Waals surface area contributed by atoms with Gasteiger partial charge < -0.3 is 14.3 Å². The fourth-order valence-electron chi connectivity index (χ4n) is 2.01. The van der Waals surface area contributed by atoms with Crippen molar-refractivity contribution in [3.8, 4) is 0 Å². The Kier molecular flexibility index (Phi) is 3.10. The predicted molar refractivity (Wildman–Crippen MR) is 63.8 cm³/mol. The number of H-pyrrole nitrogens is 1. The van der Waals surface area contributed by atoms with E-state index in [0.717, 1.165) is 17.3 Å². The molecule has 2 rings (SSSR count). The highest BCUT2D eigenvalue weighted by Gasteiger charge is 2.12. The van der Waals surface area contributed by atoms with Gasteiger partial charge in [-0.05, 0) is 18.6 Å². The molecule has 0 amide bonds. The molecule has 0 spiro atoms. The van der Waals surface area contributed by atoms with E-state index in [1.165, 1.54) is 0 Å². The number of hydrogen-bond donors (Lipinski definition) is 1. The summed E-state index contributed by atoms with van der Waals surface area (Å²) in [4.78, 5) is 14.5. The van der Waals surface area contributed by atoms with Crippen molar-refractivity contribution in [2.24, 2.45) is 0 Å². The number of nitrogens with one attached hydrogen (secondary N) is 1. The molecule has 4 heteroatoms. The summed E-state index contributed by atoms with van der Waals surface area (Å²) in [6.45, 7) is 2.71. The molecule has 0 aliphatic heterocycles. The number of hydrogen-bond acceptors (Lipinski definition) is 2. The zero-order chi connectivity index (χ0) is 11.5. The van der Waals surface area contributed by atoms with Crippen LogP contribution in [0.2, 0.25) is 0 Å². The van der Waals surface area contributed by atoms with Crippen LogP contribution in [0, 0.1) is 0 Å². The van der Waals surface area contributed by atoms with Gasteiger partial charge in [-0.2, -0.15) is 0 Å². The molecule has 1 N–H and O–H groups in total. The third-order valence-corrected chi connectivity index (χ3v) is 2.86. The van der Waals surface area contributed by atoms with E-state index < -0.39 is 0 Å². The van der Waals surface area contributed by atoms with Crippen LogP contribution in [0.5, 0.6) is 0 Å². The maximum absolute atomic E-state index is 11.8. The van der Waals surface area contributed by atoms with Gasteiger partial charge in [-0.25, -0.2) is 0 Å². The molecule has 0 radical (unpaired) electrons. The van der Waals surface area contributed by atoms with Crippen molar-refractivity contribution in [3.63, 3.8) is 0 Å². The van der Waals surface area contributed by atoms with Gasteiger partial charge in [0.05, 0.1) is 12.6 Å². The number of methoxy groups -OCH3 is 1. The van der Waals surface area contributed by atoms with Crippen LogP contribution in [0.25, 0.3) is 10.9 Å². The number of ether oxygens (including phenoxy) is 1. The Morgan fingerprint density at radius 2 is 2.31 bits per heavy atom. The van der Waals surface area contributed by atoms with Gasteiger partial charge in [0.15, 0.2) is 0 Å². The second kappa shape index (κ2) is 4.53. The van der Waals surface area contributed by atoms with E-state index in [9.17, 15) is 4.79 Å². The van der Waals surface area contributed by atoms with E-state index in [1.807, 2.05) is 22.9 Å². The molecule has 16 heavy (non-hydrogen) atoms. The summed E-state index contributed by atoms with van der Waals surface area (Å²) in [6.07, 6.45) is 4.56. The molecular weight excluding hydrogens is 204 g/mol. The van der Waals surface area contributed by atoms with Gasteiger partial charge in [0, 0.05) is 24.9 Å². The fraction of sp³-hybridized carbons (Fsp3) is 0.417. The summed E-state index contributed by atoms with van der Waals surface area (Å²) in [6, 6.07) is 4.08. The molecule has 0 aliphatic carbocycles. The fourth-order valence-corrected chi connectivity index (χ4v) is 2.01. The lowest BCUT2D eigenvalue weighted by Crippen LogP contribution is -2.17. The summed E-state index contributed by atoms with van der Waals surface area (Å²) in [5.74, 6) is 0. The van der Waals surface area contributed by atoms with E-state index in [4.69, 9.17) is 4.74 Å². The SMILES string of the molecule is CCC(COC)n1ccc2cc[nH]c(=O)c21. The Balaban J connectivity index is 2.56. The third kappa shape index (κ3) is 1.76. The zero-order valence-corrected chi connectivity index (χ0v) is 9.56. The lowest BCUT2D eigenvalue weighted by molar-refractivity contribution is 0.155. The molecule has 2 aromatic rings. The van der Waals surface area contributed by atoms with Gasteiger partial charge in [0.1, 0.15) is 5.52 Å². The first kappa shape index (κ1) is 11.0. The van der Waals surface area contributed by atoms with Crippen LogP contribution in [0.15, 0.2) is 29.3 Å². The van der Waals surface area contributed by atoms with E-state index in [-0.39, 0.29) is 11.6 Å². The standard InChI is InChI=1S/C12H16N2O2/c1-3-10(8-16-2)14-7-5-9-4-6-13-12(15)11(9)14/h4-7,10H,3,8H2,1-2H3,(H,13,15). The molecule has 1 atom stereocenters. The van der Waals surface area contributed by atoms with Gasteiger partial charge in [0.25, 0.3) is 5.56 Å². The van der Waals surface area contributed by atoms with Gasteiger partial charge >= 0.3 is 0 Å². The summed E-state index contributed by atoms with van der Waals surface area (Å²) < 4.78 is 7.17. The van der Waals surface area contributed by atoms with Crippen LogP contribution in [-0.2, 0) is 4.74 Å². The Bertz CT molecular complexity index is 527. The largest absolute Gasteiger partial charge is 0.383 e. The Labute approximate surface area is 93.9 Å². The van der Waals surface area contributed by atoms with E-state index in [0.29, 0.717) is 6.61 Å². The normalized spacial score (nSPS) is 13.1. The molecule has 0 fully saturated rings. The Morgan fingerprint density at radius 3 is 3.00 bits per heavy atom. The summed E-state index contributed by atoms with van der Waals surface area (Å²) in [5.41, 5.74) is 0.684. The second-order valence-corrected chi connectivity index (χ2v) is 3.85. The van der Waals surface area contributed by atoms with Crippen LogP contribution >= 0.6 is 0 Å². The first-order valence-corrected chi connectivity index (χ1v) is 5.45. The highest BCUT2D eigenvalue weighted by Crippen LogP contribution is 2.19. The van der Waals surface area contributed by atoms with Gasteiger partial charge in [-0.3, -0.25) is 4.79 Å². The van der Waals surface area contributed by atoms with Gasteiger partial charge in [0.2, 0.25) is 0 Å². The average molecular weight is 220 g/mol. The summed E-state index contributed by atoms with van der Waals surface area (Å²) in [5, 5.41) is 0.971. The van der Waals surface area contributed by atoms with Crippen LogP contribution < -0.4 is 5.56 Å². The number of aromatic nitrogens is 2. The maximum Gasteiger partial charge on any atom is 0.272 e. The molecule has 1 unspecified atom stereocenters. The lowest BCUT2D eigenvalue weighted by Gasteiger charge is -2.16. The van der Waals surface area contributed by atoms with Crippen molar-refractivity contribution >= 4 is 10.9 Å². The molecule has 0 aliphatic rings. The Morgan fingerprint density at radius 1 is 1.50 bits per heavy atom. The number of fused-ring (bicyclic) bond motifs is 1. The van der Waals surface area contributed by atoms with Crippen molar-refractivity contribution < 1.29 is 4.74 Å². The Hall–Kier alpha value is -1.55. The van der Waals surface area contributed by atoms with E-state index >= 15 is 0 Å². The molecule has 86 valence electrons. The lowest BCUT2D eigenvalue weighted by atomic mass is 10.2. The molecule has 0 saturated heterocycles. The van der Waals surface area contributed by atoms with Crippen LogP contribution in [0.1, 0.15) is 19.4 Å².